The molecule has 13 heavy (non-hydrogen) atoms. The van der Waals surface area contributed by atoms with E-state index in [2.05, 4.69) is 17.6 Å². The topological polar surface area (TPSA) is 32.3 Å². The van der Waals surface area contributed by atoms with E-state index in [1.165, 1.54) is 5.56 Å². The van der Waals surface area contributed by atoms with Crippen molar-refractivity contribution in [1.29, 1.82) is 0 Å². The molecule has 3 nitrogen and oxygen atoms in total. The molecule has 0 unspecified atom stereocenters. The van der Waals surface area contributed by atoms with Gasteiger partial charge in [-0.15, -0.1) is 0 Å². The van der Waals surface area contributed by atoms with Gasteiger partial charge in [0, 0.05) is 6.54 Å². The first kappa shape index (κ1) is 8.26. The summed E-state index contributed by atoms with van der Waals surface area (Å²) < 4.78 is 0. The summed E-state index contributed by atoms with van der Waals surface area (Å²) in [5.41, 5.74) is 4.02. The third kappa shape index (κ3) is 2.06. The Morgan fingerprint density at radius 2 is 2.00 bits per heavy atom. The van der Waals surface area contributed by atoms with Crippen LogP contribution in [0.15, 0.2) is 30.3 Å². The Labute approximate surface area is 77.3 Å². The van der Waals surface area contributed by atoms with Crippen LogP contribution in [0.1, 0.15) is 5.56 Å². The molecule has 3 heteroatoms. The number of benzene rings is 1. The molecule has 1 heterocycles. The predicted molar refractivity (Wildman–Crippen MR) is 49.9 cm³/mol. The molecule has 1 amide bonds. The molecule has 1 aliphatic rings. The van der Waals surface area contributed by atoms with E-state index in [1.807, 2.05) is 23.2 Å². The van der Waals surface area contributed by atoms with E-state index in [0.717, 1.165) is 13.0 Å². The van der Waals surface area contributed by atoms with Crippen molar-refractivity contribution in [3.8, 4) is 0 Å². The fourth-order valence-electron chi connectivity index (χ4n) is 1.38. The number of carbonyl (C=O) groups excluding carboxylic acids is 1. The van der Waals surface area contributed by atoms with Gasteiger partial charge in [-0.25, -0.2) is 5.01 Å². The number of hydrogen-bond acceptors (Lipinski definition) is 2. The van der Waals surface area contributed by atoms with E-state index in [0.29, 0.717) is 6.54 Å². The molecule has 0 saturated carbocycles. The number of nitrogens with zero attached hydrogens (tertiary/aromatic N) is 1. The number of hydrazine groups is 1. The second-order valence-corrected chi connectivity index (χ2v) is 3.19. The van der Waals surface area contributed by atoms with Gasteiger partial charge in [-0.1, -0.05) is 30.3 Å². The van der Waals surface area contributed by atoms with Crippen LogP contribution in [0.2, 0.25) is 0 Å². The van der Waals surface area contributed by atoms with Crippen molar-refractivity contribution < 1.29 is 4.79 Å². The zero-order valence-corrected chi connectivity index (χ0v) is 7.36. The highest BCUT2D eigenvalue weighted by atomic mass is 16.2. The van der Waals surface area contributed by atoms with Gasteiger partial charge in [-0.05, 0) is 12.0 Å². The lowest BCUT2D eigenvalue weighted by molar-refractivity contribution is -0.138. The van der Waals surface area contributed by atoms with E-state index in [-0.39, 0.29) is 5.91 Å². The number of nitrogens with one attached hydrogen (secondary N) is 1. The first-order chi connectivity index (χ1) is 6.34. The van der Waals surface area contributed by atoms with Crippen LogP contribution in [0.5, 0.6) is 0 Å². The third-order valence-electron chi connectivity index (χ3n) is 2.13. The highest BCUT2D eigenvalue weighted by molar-refractivity contribution is 5.82. The Morgan fingerprint density at radius 1 is 1.31 bits per heavy atom. The van der Waals surface area contributed by atoms with E-state index in [1.54, 1.807) is 0 Å². The average Bonchev–Trinajstić information content (AvgIpc) is 2.12. The summed E-state index contributed by atoms with van der Waals surface area (Å²) >= 11 is 0. The summed E-state index contributed by atoms with van der Waals surface area (Å²) in [5, 5.41) is 1.93. The van der Waals surface area contributed by atoms with E-state index in [9.17, 15) is 4.79 Å². The van der Waals surface area contributed by atoms with Gasteiger partial charge in [0.15, 0.2) is 0 Å². The van der Waals surface area contributed by atoms with Crippen LogP contribution in [0.4, 0.5) is 0 Å². The first-order valence-electron chi connectivity index (χ1n) is 4.43. The molecule has 0 spiro atoms. The molecule has 1 aliphatic heterocycles. The zero-order chi connectivity index (χ0) is 9.10. The SMILES string of the molecule is O=C1CN(CCc2ccccc2)N1. The smallest absolute Gasteiger partial charge is 0.250 e. The molecule has 1 fully saturated rings. The first-order valence-corrected chi connectivity index (χ1v) is 4.43. The summed E-state index contributed by atoms with van der Waals surface area (Å²) in [4.78, 5) is 10.6. The van der Waals surface area contributed by atoms with Gasteiger partial charge in [-0.2, -0.15) is 0 Å². The van der Waals surface area contributed by atoms with Gasteiger partial charge < -0.3 is 0 Å². The predicted octanol–water partition coefficient (Wildman–Crippen LogP) is 0.576. The molecule has 1 saturated heterocycles. The van der Waals surface area contributed by atoms with Crippen molar-refractivity contribution in [1.82, 2.24) is 10.4 Å². The highest BCUT2D eigenvalue weighted by Crippen LogP contribution is 2.02. The van der Waals surface area contributed by atoms with E-state index in [4.69, 9.17) is 0 Å². The molecule has 1 aromatic carbocycles. The second-order valence-electron chi connectivity index (χ2n) is 3.19. The Morgan fingerprint density at radius 3 is 2.62 bits per heavy atom. The summed E-state index contributed by atoms with van der Waals surface area (Å²) in [6.07, 6.45) is 0.987. The minimum atomic E-state index is 0.119. The molecule has 1 N–H and O–H groups in total. The van der Waals surface area contributed by atoms with Crippen LogP contribution in [0, 0.1) is 0 Å². The van der Waals surface area contributed by atoms with Gasteiger partial charge in [0.05, 0.1) is 6.54 Å². The zero-order valence-electron chi connectivity index (χ0n) is 7.36. The fraction of sp³-hybridized carbons (Fsp3) is 0.300. The minimum Gasteiger partial charge on any atom is -0.287 e. The third-order valence-corrected chi connectivity index (χ3v) is 2.13. The number of carbonyl (C=O) groups is 1. The van der Waals surface area contributed by atoms with Gasteiger partial charge in [0.25, 0.3) is 0 Å². The van der Waals surface area contributed by atoms with Crippen molar-refractivity contribution in [2.24, 2.45) is 0 Å². The molecular weight excluding hydrogens is 164 g/mol. The highest BCUT2D eigenvalue weighted by Gasteiger charge is 2.21. The number of hydrogen-bond donors (Lipinski definition) is 1. The summed E-state index contributed by atoms with van der Waals surface area (Å²) in [5.74, 6) is 0.119. The van der Waals surface area contributed by atoms with Crippen LogP contribution < -0.4 is 5.43 Å². The van der Waals surface area contributed by atoms with Crippen LogP contribution in [-0.4, -0.2) is 24.0 Å². The van der Waals surface area contributed by atoms with Gasteiger partial charge in [0.2, 0.25) is 5.91 Å². The maximum Gasteiger partial charge on any atom is 0.250 e. The Bertz CT molecular complexity index is 289. The number of rotatable bonds is 3. The Hall–Kier alpha value is -1.35. The lowest BCUT2D eigenvalue weighted by Gasteiger charge is -2.30. The van der Waals surface area contributed by atoms with Crippen LogP contribution in [0.25, 0.3) is 0 Å². The summed E-state index contributed by atoms with van der Waals surface area (Å²) in [6.45, 7) is 1.45. The van der Waals surface area contributed by atoms with Crippen molar-refractivity contribution in [3.05, 3.63) is 35.9 Å². The van der Waals surface area contributed by atoms with Crippen LogP contribution in [-0.2, 0) is 11.2 Å². The molecule has 1 aromatic rings. The standard InChI is InChI=1S/C10H12N2O/c13-10-8-12(11-10)7-6-9-4-2-1-3-5-9/h1-5H,6-8H2,(H,11,13). The summed E-state index contributed by atoms with van der Waals surface area (Å²) in [6, 6.07) is 10.3. The molecule has 68 valence electrons. The van der Waals surface area contributed by atoms with Crippen LogP contribution in [0.3, 0.4) is 0 Å². The Balaban J connectivity index is 1.77. The maximum atomic E-state index is 10.6. The normalized spacial score (nSPS) is 16.5. The summed E-state index contributed by atoms with van der Waals surface area (Å²) in [7, 11) is 0. The molecule has 0 aromatic heterocycles. The van der Waals surface area contributed by atoms with E-state index < -0.39 is 0 Å². The lowest BCUT2D eigenvalue weighted by Crippen LogP contribution is -2.58. The number of amides is 1. The molecular formula is C10H12N2O. The molecule has 0 bridgehead atoms. The monoisotopic (exact) mass is 176 g/mol. The Kier molecular flexibility index (Phi) is 2.27. The molecule has 2 rings (SSSR count). The molecule has 0 aliphatic carbocycles. The van der Waals surface area contributed by atoms with E-state index >= 15 is 0 Å². The average molecular weight is 176 g/mol. The minimum absolute atomic E-state index is 0.119. The maximum absolute atomic E-state index is 10.6. The van der Waals surface area contributed by atoms with Crippen molar-refractivity contribution >= 4 is 5.91 Å². The molecule has 0 atom stereocenters. The van der Waals surface area contributed by atoms with Crippen molar-refractivity contribution in [2.75, 3.05) is 13.1 Å². The quantitative estimate of drug-likeness (QED) is 0.730. The fourth-order valence-corrected chi connectivity index (χ4v) is 1.38. The van der Waals surface area contributed by atoms with Gasteiger partial charge >= 0.3 is 0 Å². The van der Waals surface area contributed by atoms with Crippen molar-refractivity contribution in [2.45, 2.75) is 6.42 Å². The lowest BCUT2D eigenvalue weighted by atomic mass is 10.1. The largest absolute Gasteiger partial charge is 0.287 e. The van der Waals surface area contributed by atoms with Gasteiger partial charge in [-0.3, -0.25) is 10.2 Å². The van der Waals surface area contributed by atoms with Gasteiger partial charge in [0.1, 0.15) is 0 Å². The van der Waals surface area contributed by atoms with Crippen LogP contribution >= 0.6 is 0 Å². The second kappa shape index (κ2) is 3.58. The molecule has 0 radical (unpaired) electrons. The van der Waals surface area contributed by atoms with Crippen molar-refractivity contribution in [3.63, 3.8) is 0 Å².